The van der Waals surface area contributed by atoms with Crippen molar-refractivity contribution < 1.29 is 42.8 Å². The molecule has 0 spiro atoms. The number of rotatable bonds is 11. The van der Waals surface area contributed by atoms with Crippen LogP contribution in [0.4, 0.5) is 28.0 Å². The zero-order chi connectivity index (χ0) is 39.7. The third-order valence-corrected chi connectivity index (χ3v) is 9.08. The van der Waals surface area contributed by atoms with Crippen LogP contribution in [0.2, 0.25) is 0 Å². The molecule has 13 heteroatoms. The fourth-order valence-corrected chi connectivity index (χ4v) is 5.72. The normalized spacial score (nSPS) is 13.3. The van der Waals surface area contributed by atoms with E-state index in [2.05, 4.69) is 25.1 Å². The minimum atomic E-state index is -1.13. The van der Waals surface area contributed by atoms with Crippen molar-refractivity contribution in [2.24, 2.45) is 0 Å². The number of anilines is 1. The van der Waals surface area contributed by atoms with Gasteiger partial charge in [-0.2, -0.15) is 0 Å². The van der Waals surface area contributed by atoms with E-state index in [-0.39, 0.29) is 50.5 Å². The summed E-state index contributed by atoms with van der Waals surface area (Å²) in [5.74, 6) is -4.42. The van der Waals surface area contributed by atoms with Gasteiger partial charge in [0.05, 0.1) is 19.0 Å². The second-order valence-electron chi connectivity index (χ2n) is 12.4. The molecule has 0 aromatic heterocycles. The Kier molecular flexibility index (Phi) is 13.6. The largest absolute Gasteiger partial charge is 0.461 e. The summed E-state index contributed by atoms with van der Waals surface area (Å²) in [6.07, 6.45) is -0.817. The molecule has 0 bridgehead atoms. The number of benzene rings is 4. The summed E-state index contributed by atoms with van der Waals surface area (Å²) >= 11 is 0. The van der Waals surface area contributed by atoms with Crippen LogP contribution >= 0.6 is 0 Å². The Morgan fingerprint density at radius 1 is 0.926 bits per heavy atom. The number of hydrogen-bond donors (Lipinski definition) is 1. The number of ether oxygens (including phenoxy) is 2. The van der Waals surface area contributed by atoms with Gasteiger partial charge >= 0.3 is 12.1 Å². The highest BCUT2D eigenvalue weighted by Gasteiger charge is 2.31. The molecule has 1 heterocycles. The monoisotopic (exact) mass is 748 g/mol. The number of nitrogens with one attached hydrogen (secondary N) is 1. The zero-order valence-corrected chi connectivity index (χ0v) is 30.6. The van der Waals surface area contributed by atoms with E-state index in [1.165, 1.54) is 24.1 Å². The van der Waals surface area contributed by atoms with E-state index in [1.54, 1.807) is 30.0 Å². The molecule has 0 fully saturated rings. The summed E-state index contributed by atoms with van der Waals surface area (Å²) in [5, 5.41) is 2.47. The molecule has 286 valence electrons. The molecule has 2 amide bonds. The molecule has 1 atom stereocenters. The number of nitrogens with zero attached hydrogens (tertiary/aromatic N) is 3. The van der Waals surface area contributed by atoms with Gasteiger partial charge in [-0.15, -0.1) is 13.2 Å². The zero-order valence-electron chi connectivity index (χ0n) is 30.6. The van der Waals surface area contributed by atoms with Gasteiger partial charge in [-0.25, -0.2) is 22.4 Å². The van der Waals surface area contributed by atoms with Crippen molar-refractivity contribution in [1.29, 1.82) is 0 Å². The number of carbonyl (C=O) groups is 3. The van der Waals surface area contributed by atoms with Gasteiger partial charge in [0.1, 0.15) is 41.4 Å². The predicted molar refractivity (Wildman–Crippen MR) is 199 cm³/mol. The van der Waals surface area contributed by atoms with Crippen molar-refractivity contribution in [1.82, 2.24) is 15.1 Å². The van der Waals surface area contributed by atoms with Gasteiger partial charge in [0.15, 0.2) is 0 Å². The average Bonchev–Trinajstić information content (AvgIpc) is 3.16. The smallest absolute Gasteiger partial charge is 0.414 e. The first-order chi connectivity index (χ1) is 25.7. The van der Waals surface area contributed by atoms with Gasteiger partial charge in [0.2, 0.25) is 0 Å². The van der Waals surface area contributed by atoms with Crippen molar-refractivity contribution in [3.05, 3.63) is 155 Å². The lowest BCUT2D eigenvalue weighted by Crippen LogP contribution is -2.39. The molecule has 4 aromatic rings. The third-order valence-electron chi connectivity index (χ3n) is 9.08. The average molecular weight is 749 g/mol. The molecule has 0 unspecified atom stereocenters. The van der Waals surface area contributed by atoms with E-state index in [9.17, 15) is 27.6 Å². The molecule has 5 rings (SSSR count). The summed E-state index contributed by atoms with van der Waals surface area (Å²) in [7, 11) is 3.29. The fourth-order valence-electron chi connectivity index (χ4n) is 5.72. The summed E-state index contributed by atoms with van der Waals surface area (Å²) in [5.41, 5.74) is 2.39. The maximum absolute atomic E-state index is 15.5. The highest BCUT2D eigenvalue weighted by molar-refractivity contribution is 5.95. The van der Waals surface area contributed by atoms with Gasteiger partial charge in [0.25, 0.3) is 5.91 Å². The van der Waals surface area contributed by atoms with Crippen molar-refractivity contribution in [3.63, 3.8) is 0 Å². The van der Waals surface area contributed by atoms with Crippen LogP contribution in [-0.4, -0.2) is 48.4 Å². The van der Waals surface area contributed by atoms with E-state index < -0.39 is 53.3 Å². The van der Waals surface area contributed by atoms with E-state index in [4.69, 9.17) is 9.47 Å². The Morgan fingerprint density at radius 3 is 2.26 bits per heavy atom. The number of halogens is 4. The maximum atomic E-state index is 15.5. The molecular formula is C41H44F4N4O5. The van der Waals surface area contributed by atoms with Gasteiger partial charge < -0.3 is 29.5 Å². The number of esters is 1. The van der Waals surface area contributed by atoms with Crippen LogP contribution in [0, 0.1) is 30.2 Å². The Balaban J connectivity index is 0.00000266. The highest BCUT2D eigenvalue weighted by Crippen LogP contribution is 2.41. The summed E-state index contributed by atoms with van der Waals surface area (Å²) < 4.78 is 68.1. The Bertz CT molecular complexity index is 2010. The summed E-state index contributed by atoms with van der Waals surface area (Å²) in [6, 6.07) is 17.5. The highest BCUT2D eigenvalue weighted by atomic mass is 19.1. The Hall–Kier alpha value is -6.11. The van der Waals surface area contributed by atoms with Crippen molar-refractivity contribution >= 4 is 23.7 Å². The molecule has 0 saturated carbocycles. The molecule has 1 N–H and O–H groups in total. The summed E-state index contributed by atoms with van der Waals surface area (Å²) in [6.45, 7) is 13.3. The Morgan fingerprint density at radius 2 is 1.59 bits per heavy atom. The van der Waals surface area contributed by atoms with Crippen LogP contribution in [0.3, 0.4) is 0 Å². The molecule has 9 nitrogen and oxygen atoms in total. The van der Waals surface area contributed by atoms with Crippen LogP contribution in [0.25, 0.3) is 0 Å². The SMILES string of the molecule is C=C.C=C1N(Cc2c(F)ccc(OC(=O)N(C)CCC(=O)OCc3ccccc3)c2C)c2cc(C(=O)NCc3c(F)cc(F)cc3F)ccc2[C@H](C)N1C.[HH]. The van der Waals surface area contributed by atoms with Crippen molar-refractivity contribution in [3.8, 4) is 5.75 Å². The molecule has 1 aliphatic rings. The lowest BCUT2D eigenvalue weighted by molar-refractivity contribution is -0.145. The van der Waals surface area contributed by atoms with Crippen LogP contribution < -0.4 is 15.0 Å². The van der Waals surface area contributed by atoms with Gasteiger partial charge in [-0.05, 0) is 54.8 Å². The molecule has 0 radical (unpaired) electrons. The van der Waals surface area contributed by atoms with E-state index >= 15 is 4.39 Å². The molecule has 4 aromatic carbocycles. The predicted octanol–water partition coefficient (Wildman–Crippen LogP) is 8.58. The maximum Gasteiger partial charge on any atom is 0.414 e. The van der Waals surface area contributed by atoms with E-state index in [0.29, 0.717) is 29.2 Å². The minimum Gasteiger partial charge on any atom is -0.461 e. The fraction of sp³-hybridized carbons (Fsp3) is 0.244. The van der Waals surface area contributed by atoms with E-state index in [1.807, 2.05) is 49.2 Å². The van der Waals surface area contributed by atoms with E-state index in [0.717, 1.165) is 11.1 Å². The molecular weight excluding hydrogens is 704 g/mol. The van der Waals surface area contributed by atoms with Gasteiger partial charge in [-0.1, -0.05) is 43.0 Å². The van der Waals surface area contributed by atoms with Crippen LogP contribution in [-0.2, 0) is 29.2 Å². The molecule has 0 saturated heterocycles. The second kappa shape index (κ2) is 18.1. The number of hydrogen-bond acceptors (Lipinski definition) is 7. The van der Waals surface area contributed by atoms with Crippen LogP contribution in [0.1, 0.15) is 59.0 Å². The first-order valence-corrected chi connectivity index (χ1v) is 16.9. The first kappa shape index (κ1) is 40.7. The Labute approximate surface area is 313 Å². The second-order valence-corrected chi connectivity index (χ2v) is 12.4. The number of amides is 2. The standard InChI is InChI=1S/C39H38F4N4O5.C2H4.H2/c1-23-31(32(41)13-14-36(23)52-39(50)45(4)16-15-37(48)51-22-26-9-7-6-8-10-26)21-47-25(3)46(5)24(2)29-12-11-27(17-35(29)47)38(49)44-20-30-33(42)18-28(40)19-34(30)43;1-2;/h6-14,17-19,24H,3,15-16,20-22H2,1-2,4-5H3,(H,44,49);1-2H2;1H/t24-;;/m0../s1. The van der Waals surface area contributed by atoms with Gasteiger partial charge in [0, 0.05) is 63.1 Å². The quantitative estimate of drug-likeness (QED) is 0.0934. The lowest BCUT2D eigenvalue weighted by atomic mass is 9.97. The summed E-state index contributed by atoms with van der Waals surface area (Å²) in [4.78, 5) is 43.2. The van der Waals surface area contributed by atoms with Crippen molar-refractivity contribution in [2.75, 3.05) is 25.5 Å². The van der Waals surface area contributed by atoms with Crippen LogP contribution in [0.15, 0.2) is 98.4 Å². The molecule has 1 aliphatic heterocycles. The number of fused-ring (bicyclic) bond motifs is 1. The lowest BCUT2D eigenvalue weighted by Gasteiger charge is -2.43. The molecule has 54 heavy (non-hydrogen) atoms. The van der Waals surface area contributed by atoms with Gasteiger partial charge in [-0.3, -0.25) is 9.59 Å². The van der Waals surface area contributed by atoms with Crippen LogP contribution in [0.5, 0.6) is 5.75 Å². The number of carbonyl (C=O) groups excluding carboxylic acids is 3. The van der Waals surface area contributed by atoms with Crippen molar-refractivity contribution in [2.45, 2.75) is 46.0 Å². The topological polar surface area (TPSA) is 91.4 Å². The minimum absolute atomic E-state index is 0. The molecule has 0 aliphatic carbocycles. The first-order valence-electron chi connectivity index (χ1n) is 16.9. The third kappa shape index (κ3) is 9.46.